The highest BCUT2D eigenvalue weighted by molar-refractivity contribution is 5.29. The lowest BCUT2D eigenvalue weighted by atomic mass is 9.85. The van der Waals surface area contributed by atoms with Crippen molar-refractivity contribution in [3.63, 3.8) is 0 Å². The maximum absolute atomic E-state index is 4.49. The standard InChI is InChI=1S/C14H24N4/c1-15-8-9-18(2)14-16-10-13(11-17-14)12-6-4-3-5-7-12/h10-12,15H,3-9H2,1-2H3. The highest BCUT2D eigenvalue weighted by Crippen LogP contribution is 2.31. The summed E-state index contributed by atoms with van der Waals surface area (Å²) in [6.45, 7) is 1.88. The van der Waals surface area contributed by atoms with Crippen molar-refractivity contribution in [3.8, 4) is 0 Å². The van der Waals surface area contributed by atoms with Gasteiger partial charge in [0.05, 0.1) is 0 Å². The first-order chi connectivity index (χ1) is 8.81. The second-order valence-corrected chi connectivity index (χ2v) is 5.18. The molecule has 1 aromatic rings. The molecule has 1 saturated carbocycles. The molecule has 4 heteroatoms. The van der Waals surface area contributed by atoms with Crippen molar-refractivity contribution in [1.82, 2.24) is 15.3 Å². The Morgan fingerprint density at radius 1 is 1.22 bits per heavy atom. The minimum atomic E-state index is 0.690. The van der Waals surface area contributed by atoms with Crippen LogP contribution in [0.5, 0.6) is 0 Å². The molecule has 0 spiro atoms. The molecular formula is C14H24N4. The van der Waals surface area contributed by atoms with E-state index in [0.29, 0.717) is 5.92 Å². The Labute approximate surface area is 110 Å². The van der Waals surface area contributed by atoms with Gasteiger partial charge in [0, 0.05) is 32.5 Å². The fraction of sp³-hybridized carbons (Fsp3) is 0.714. The summed E-state index contributed by atoms with van der Waals surface area (Å²) in [7, 11) is 3.99. The minimum absolute atomic E-state index is 0.690. The summed E-state index contributed by atoms with van der Waals surface area (Å²) in [6, 6.07) is 0. The number of nitrogens with one attached hydrogen (secondary N) is 1. The van der Waals surface area contributed by atoms with Gasteiger partial charge in [-0.25, -0.2) is 9.97 Å². The first-order valence-corrected chi connectivity index (χ1v) is 6.99. The van der Waals surface area contributed by atoms with Gasteiger partial charge >= 0.3 is 0 Å². The van der Waals surface area contributed by atoms with Crippen LogP contribution in [0.2, 0.25) is 0 Å². The van der Waals surface area contributed by atoms with E-state index in [9.17, 15) is 0 Å². The van der Waals surface area contributed by atoms with Gasteiger partial charge in [0.15, 0.2) is 0 Å². The highest BCUT2D eigenvalue weighted by Gasteiger charge is 2.16. The summed E-state index contributed by atoms with van der Waals surface area (Å²) in [5, 5.41) is 3.13. The third-order valence-electron chi connectivity index (χ3n) is 3.77. The smallest absolute Gasteiger partial charge is 0.225 e. The van der Waals surface area contributed by atoms with Crippen LogP contribution in [0.25, 0.3) is 0 Å². The zero-order valence-corrected chi connectivity index (χ0v) is 11.5. The lowest BCUT2D eigenvalue weighted by Crippen LogP contribution is -2.28. The van der Waals surface area contributed by atoms with Gasteiger partial charge in [-0.3, -0.25) is 0 Å². The third kappa shape index (κ3) is 3.42. The first-order valence-electron chi connectivity index (χ1n) is 6.99. The predicted octanol–water partition coefficient (Wildman–Crippen LogP) is 2.18. The number of hydrogen-bond donors (Lipinski definition) is 1. The van der Waals surface area contributed by atoms with Crippen molar-refractivity contribution < 1.29 is 0 Å². The average Bonchev–Trinajstić information content (AvgIpc) is 2.46. The van der Waals surface area contributed by atoms with E-state index in [-0.39, 0.29) is 0 Å². The lowest BCUT2D eigenvalue weighted by Gasteiger charge is -2.22. The molecule has 0 aromatic carbocycles. The summed E-state index contributed by atoms with van der Waals surface area (Å²) in [5.41, 5.74) is 1.32. The number of hydrogen-bond acceptors (Lipinski definition) is 4. The first kappa shape index (κ1) is 13.3. The normalized spacial score (nSPS) is 16.8. The Hall–Kier alpha value is -1.16. The Bertz CT molecular complexity index is 343. The maximum Gasteiger partial charge on any atom is 0.225 e. The van der Waals surface area contributed by atoms with Crippen molar-refractivity contribution >= 4 is 5.95 Å². The van der Waals surface area contributed by atoms with Crippen LogP contribution in [0.3, 0.4) is 0 Å². The molecule has 0 saturated heterocycles. The molecule has 1 fully saturated rings. The van der Waals surface area contributed by atoms with Crippen molar-refractivity contribution in [2.75, 3.05) is 32.1 Å². The van der Waals surface area contributed by atoms with E-state index >= 15 is 0 Å². The summed E-state index contributed by atoms with van der Waals surface area (Å²) < 4.78 is 0. The summed E-state index contributed by atoms with van der Waals surface area (Å²) >= 11 is 0. The zero-order chi connectivity index (χ0) is 12.8. The Balaban J connectivity index is 1.95. The molecule has 1 N–H and O–H groups in total. The number of rotatable bonds is 5. The molecule has 2 rings (SSSR count). The van der Waals surface area contributed by atoms with Crippen LogP contribution in [0, 0.1) is 0 Å². The SMILES string of the molecule is CNCCN(C)c1ncc(C2CCCCC2)cn1. The van der Waals surface area contributed by atoms with Crippen molar-refractivity contribution in [1.29, 1.82) is 0 Å². The summed E-state index contributed by atoms with van der Waals surface area (Å²) in [5.74, 6) is 1.51. The van der Waals surface area contributed by atoms with E-state index in [1.807, 2.05) is 26.5 Å². The minimum Gasteiger partial charge on any atom is -0.343 e. The number of anilines is 1. The molecule has 0 unspecified atom stereocenters. The van der Waals surface area contributed by atoms with Crippen LogP contribution in [-0.4, -0.2) is 37.2 Å². The number of nitrogens with zero attached hydrogens (tertiary/aromatic N) is 3. The van der Waals surface area contributed by atoms with Crippen LogP contribution in [0.1, 0.15) is 43.6 Å². The van der Waals surface area contributed by atoms with Crippen molar-refractivity contribution in [2.24, 2.45) is 0 Å². The van der Waals surface area contributed by atoms with E-state index in [4.69, 9.17) is 0 Å². The fourth-order valence-electron chi connectivity index (χ4n) is 2.55. The molecule has 0 amide bonds. The van der Waals surface area contributed by atoms with Crippen LogP contribution in [0.4, 0.5) is 5.95 Å². The Kier molecular flexibility index (Phi) is 4.93. The number of likely N-dealkylation sites (N-methyl/N-ethyl adjacent to an activating group) is 2. The van der Waals surface area contributed by atoms with Gasteiger partial charge in [-0.2, -0.15) is 0 Å². The second kappa shape index (κ2) is 6.69. The van der Waals surface area contributed by atoms with Gasteiger partial charge in [-0.05, 0) is 31.4 Å². The molecule has 0 atom stereocenters. The molecule has 18 heavy (non-hydrogen) atoms. The van der Waals surface area contributed by atoms with Crippen molar-refractivity contribution in [3.05, 3.63) is 18.0 Å². The van der Waals surface area contributed by atoms with E-state index in [0.717, 1.165) is 19.0 Å². The monoisotopic (exact) mass is 248 g/mol. The summed E-state index contributed by atoms with van der Waals surface area (Å²) in [6.07, 6.45) is 10.8. The van der Waals surface area contributed by atoms with E-state index in [2.05, 4.69) is 20.2 Å². The topological polar surface area (TPSA) is 41.0 Å². The molecule has 100 valence electrons. The van der Waals surface area contributed by atoms with Gasteiger partial charge in [0.1, 0.15) is 0 Å². The van der Waals surface area contributed by atoms with Gasteiger partial charge < -0.3 is 10.2 Å². The van der Waals surface area contributed by atoms with E-state index in [1.165, 1.54) is 37.7 Å². The molecule has 1 aliphatic carbocycles. The largest absolute Gasteiger partial charge is 0.343 e. The quantitative estimate of drug-likeness (QED) is 0.867. The molecule has 0 radical (unpaired) electrons. The summed E-state index contributed by atoms with van der Waals surface area (Å²) in [4.78, 5) is 11.1. The van der Waals surface area contributed by atoms with Crippen LogP contribution in [0.15, 0.2) is 12.4 Å². The number of aromatic nitrogens is 2. The zero-order valence-electron chi connectivity index (χ0n) is 11.5. The van der Waals surface area contributed by atoms with Crippen LogP contribution in [-0.2, 0) is 0 Å². The maximum atomic E-state index is 4.49. The second-order valence-electron chi connectivity index (χ2n) is 5.18. The van der Waals surface area contributed by atoms with E-state index < -0.39 is 0 Å². The predicted molar refractivity (Wildman–Crippen MR) is 75.1 cm³/mol. The fourth-order valence-corrected chi connectivity index (χ4v) is 2.55. The molecule has 1 aromatic heterocycles. The highest BCUT2D eigenvalue weighted by atomic mass is 15.2. The molecule has 1 aliphatic rings. The average molecular weight is 248 g/mol. The van der Waals surface area contributed by atoms with Gasteiger partial charge in [0.25, 0.3) is 0 Å². The Morgan fingerprint density at radius 2 is 1.89 bits per heavy atom. The van der Waals surface area contributed by atoms with Gasteiger partial charge in [0.2, 0.25) is 5.95 Å². The Morgan fingerprint density at radius 3 is 2.50 bits per heavy atom. The molecule has 1 heterocycles. The van der Waals surface area contributed by atoms with Crippen molar-refractivity contribution in [2.45, 2.75) is 38.0 Å². The molecule has 0 aliphatic heterocycles. The molecule has 4 nitrogen and oxygen atoms in total. The van der Waals surface area contributed by atoms with Crippen LogP contribution < -0.4 is 10.2 Å². The molecule has 0 bridgehead atoms. The third-order valence-corrected chi connectivity index (χ3v) is 3.77. The van der Waals surface area contributed by atoms with Crippen LogP contribution >= 0.6 is 0 Å². The lowest BCUT2D eigenvalue weighted by molar-refractivity contribution is 0.442. The van der Waals surface area contributed by atoms with E-state index in [1.54, 1.807) is 0 Å². The molecular weight excluding hydrogens is 224 g/mol. The van der Waals surface area contributed by atoms with Gasteiger partial charge in [-0.15, -0.1) is 0 Å². The van der Waals surface area contributed by atoms with Gasteiger partial charge in [-0.1, -0.05) is 19.3 Å².